The lowest BCUT2D eigenvalue weighted by molar-refractivity contribution is 0.182. The van der Waals surface area contributed by atoms with Gasteiger partial charge < -0.3 is 5.73 Å². The summed E-state index contributed by atoms with van der Waals surface area (Å²) in [6.45, 7) is 3.02. The molecular formula is C13H24N2S2. The Morgan fingerprint density at radius 2 is 2.29 bits per heavy atom. The van der Waals surface area contributed by atoms with E-state index in [-0.39, 0.29) is 0 Å². The van der Waals surface area contributed by atoms with Crippen LogP contribution in [-0.4, -0.2) is 36.5 Å². The molecule has 17 heavy (non-hydrogen) atoms. The van der Waals surface area contributed by atoms with Crippen LogP contribution in [0.4, 0.5) is 0 Å². The molecule has 2 atom stereocenters. The average molecular weight is 272 g/mol. The zero-order chi connectivity index (χ0) is 12.7. The van der Waals surface area contributed by atoms with Crippen LogP contribution in [0, 0.1) is 0 Å². The van der Waals surface area contributed by atoms with Gasteiger partial charge in [0.2, 0.25) is 0 Å². The van der Waals surface area contributed by atoms with Gasteiger partial charge in [-0.25, -0.2) is 0 Å². The van der Waals surface area contributed by atoms with Crippen molar-refractivity contribution in [1.82, 2.24) is 4.90 Å². The molecule has 1 heterocycles. The normalized spacial score (nSPS) is 15.1. The summed E-state index contributed by atoms with van der Waals surface area (Å²) in [5.41, 5.74) is 5.90. The SMILES string of the molecule is CSCCCC(CN)N(C)C(C)c1cccs1. The van der Waals surface area contributed by atoms with E-state index in [1.807, 2.05) is 23.1 Å². The van der Waals surface area contributed by atoms with Gasteiger partial charge in [0.15, 0.2) is 0 Å². The Morgan fingerprint density at radius 3 is 2.82 bits per heavy atom. The number of thioether (sulfide) groups is 1. The molecule has 1 aromatic rings. The quantitative estimate of drug-likeness (QED) is 0.737. The van der Waals surface area contributed by atoms with Crippen LogP contribution >= 0.6 is 23.1 Å². The van der Waals surface area contributed by atoms with Crippen LogP contribution in [0.3, 0.4) is 0 Å². The molecule has 0 aliphatic carbocycles. The van der Waals surface area contributed by atoms with Crippen molar-refractivity contribution in [3.63, 3.8) is 0 Å². The van der Waals surface area contributed by atoms with Crippen LogP contribution < -0.4 is 5.73 Å². The van der Waals surface area contributed by atoms with E-state index >= 15 is 0 Å². The molecule has 0 aliphatic rings. The standard InChI is InChI=1S/C13H24N2S2/c1-11(13-7-5-9-17-13)15(2)12(10-14)6-4-8-16-3/h5,7,9,11-12H,4,6,8,10,14H2,1-3H3. The summed E-state index contributed by atoms with van der Waals surface area (Å²) in [4.78, 5) is 3.85. The lowest BCUT2D eigenvalue weighted by Crippen LogP contribution is -2.39. The molecule has 0 saturated heterocycles. The van der Waals surface area contributed by atoms with Crippen LogP contribution in [0.5, 0.6) is 0 Å². The number of hydrogen-bond acceptors (Lipinski definition) is 4. The second-order valence-corrected chi connectivity index (χ2v) is 6.35. The van der Waals surface area contributed by atoms with Crippen molar-refractivity contribution in [2.24, 2.45) is 5.73 Å². The van der Waals surface area contributed by atoms with Gasteiger partial charge in [-0.2, -0.15) is 11.8 Å². The van der Waals surface area contributed by atoms with Gasteiger partial charge in [0, 0.05) is 23.5 Å². The van der Waals surface area contributed by atoms with Crippen molar-refractivity contribution in [2.45, 2.75) is 31.8 Å². The maximum absolute atomic E-state index is 5.90. The third-order valence-electron chi connectivity index (χ3n) is 3.30. The van der Waals surface area contributed by atoms with Crippen LogP contribution in [-0.2, 0) is 0 Å². The number of rotatable bonds is 8. The van der Waals surface area contributed by atoms with E-state index in [0.717, 1.165) is 6.54 Å². The molecule has 2 N–H and O–H groups in total. The van der Waals surface area contributed by atoms with E-state index in [1.54, 1.807) is 0 Å². The molecule has 0 fully saturated rings. The molecule has 0 spiro atoms. The fourth-order valence-corrected chi connectivity index (χ4v) is 3.29. The molecule has 0 bridgehead atoms. The van der Waals surface area contributed by atoms with Gasteiger partial charge in [-0.1, -0.05) is 6.07 Å². The molecule has 0 aromatic carbocycles. The van der Waals surface area contributed by atoms with Crippen LogP contribution in [0.1, 0.15) is 30.7 Å². The van der Waals surface area contributed by atoms with E-state index in [9.17, 15) is 0 Å². The highest BCUT2D eigenvalue weighted by molar-refractivity contribution is 7.98. The molecule has 0 radical (unpaired) electrons. The average Bonchev–Trinajstić information content (AvgIpc) is 2.87. The summed E-state index contributed by atoms with van der Waals surface area (Å²) >= 11 is 3.74. The minimum atomic E-state index is 0.470. The molecule has 1 rings (SSSR count). The first-order chi connectivity index (χ1) is 8.20. The molecule has 0 saturated carbocycles. The number of hydrogen-bond donors (Lipinski definition) is 1. The zero-order valence-electron chi connectivity index (χ0n) is 11.1. The van der Waals surface area contributed by atoms with Crippen molar-refractivity contribution >= 4 is 23.1 Å². The Morgan fingerprint density at radius 1 is 1.53 bits per heavy atom. The number of nitrogens with two attached hydrogens (primary N) is 1. The van der Waals surface area contributed by atoms with Gasteiger partial charge in [-0.05, 0) is 50.3 Å². The van der Waals surface area contributed by atoms with Crippen molar-refractivity contribution < 1.29 is 0 Å². The van der Waals surface area contributed by atoms with Gasteiger partial charge in [0.25, 0.3) is 0 Å². The monoisotopic (exact) mass is 272 g/mol. The maximum atomic E-state index is 5.90. The fraction of sp³-hybridized carbons (Fsp3) is 0.692. The van der Waals surface area contributed by atoms with E-state index in [4.69, 9.17) is 5.73 Å². The first-order valence-corrected chi connectivity index (χ1v) is 8.42. The Balaban J connectivity index is 2.50. The summed E-state index contributed by atoms with van der Waals surface area (Å²) in [7, 11) is 2.20. The smallest absolute Gasteiger partial charge is 0.0413 e. The third kappa shape index (κ3) is 4.62. The molecule has 2 nitrogen and oxygen atoms in total. The summed E-state index contributed by atoms with van der Waals surface area (Å²) in [6.07, 6.45) is 4.61. The summed E-state index contributed by atoms with van der Waals surface area (Å²) < 4.78 is 0. The van der Waals surface area contributed by atoms with Crippen LogP contribution in [0.15, 0.2) is 17.5 Å². The van der Waals surface area contributed by atoms with Crippen LogP contribution in [0.25, 0.3) is 0 Å². The largest absolute Gasteiger partial charge is 0.329 e. The van der Waals surface area contributed by atoms with Crippen LogP contribution in [0.2, 0.25) is 0 Å². The van der Waals surface area contributed by atoms with Crippen molar-refractivity contribution in [2.75, 3.05) is 25.6 Å². The molecule has 1 aromatic heterocycles. The summed E-state index contributed by atoms with van der Waals surface area (Å²) in [5, 5.41) is 2.14. The topological polar surface area (TPSA) is 29.3 Å². The predicted molar refractivity (Wildman–Crippen MR) is 81.0 cm³/mol. The van der Waals surface area contributed by atoms with Gasteiger partial charge in [0.05, 0.1) is 0 Å². The lowest BCUT2D eigenvalue weighted by Gasteiger charge is -2.32. The van der Waals surface area contributed by atoms with Gasteiger partial charge in [-0.15, -0.1) is 11.3 Å². The fourth-order valence-electron chi connectivity index (χ4n) is 2.00. The van der Waals surface area contributed by atoms with E-state index in [0.29, 0.717) is 12.1 Å². The third-order valence-corrected chi connectivity index (χ3v) is 5.04. The second-order valence-electron chi connectivity index (χ2n) is 4.38. The van der Waals surface area contributed by atoms with Crippen molar-refractivity contribution in [3.05, 3.63) is 22.4 Å². The van der Waals surface area contributed by atoms with E-state index in [2.05, 4.69) is 42.6 Å². The Kier molecular flexibility index (Phi) is 7.19. The van der Waals surface area contributed by atoms with Crippen molar-refractivity contribution in [1.29, 1.82) is 0 Å². The molecule has 4 heteroatoms. The lowest BCUT2D eigenvalue weighted by atomic mass is 10.1. The Labute approximate surface area is 114 Å². The highest BCUT2D eigenvalue weighted by Crippen LogP contribution is 2.25. The van der Waals surface area contributed by atoms with E-state index < -0.39 is 0 Å². The Bertz CT molecular complexity index is 288. The molecule has 98 valence electrons. The second kappa shape index (κ2) is 8.14. The molecule has 0 amide bonds. The number of nitrogens with zero attached hydrogens (tertiary/aromatic N) is 1. The Hall–Kier alpha value is -0.0300. The van der Waals surface area contributed by atoms with Gasteiger partial charge in [0.1, 0.15) is 0 Å². The molecule has 0 aliphatic heterocycles. The minimum Gasteiger partial charge on any atom is -0.329 e. The number of thiophene rings is 1. The first-order valence-electron chi connectivity index (χ1n) is 6.15. The minimum absolute atomic E-state index is 0.470. The van der Waals surface area contributed by atoms with Gasteiger partial charge >= 0.3 is 0 Å². The highest BCUT2D eigenvalue weighted by Gasteiger charge is 2.19. The van der Waals surface area contributed by atoms with Gasteiger partial charge in [-0.3, -0.25) is 4.90 Å². The number of likely N-dealkylation sites (N-methyl/N-ethyl adjacent to an activating group) is 1. The van der Waals surface area contributed by atoms with E-state index in [1.165, 1.54) is 23.5 Å². The maximum Gasteiger partial charge on any atom is 0.0413 e. The molecular weight excluding hydrogens is 248 g/mol. The highest BCUT2D eigenvalue weighted by atomic mass is 32.2. The van der Waals surface area contributed by atoms with Crippen molar-refractivity contribution in [3.8, 4) is 0 Å². The molecule has 2 unspecified atom stereocenters. The first kappa shape index (κ1) is 15.0. The summed E-state index contributed by atoms with van der Waals surface area (Å²) in [6, 6.07) is 5.30. The predicted octanol–water partition coefficient (Wildman–Crippen LogP) is 3.21. The zero-order valence-corrected chi connectivity index (χ0v) is 12.7. The summed E-state index contributed by atoms with van der Waals surface area (Å²) in [5.74, 6) is 1.23.